The minimum Gasteiger partial charge on any atom is -0.480 e. The van der Waals surface area contributed by atoms with Crippen molar-refractivity contribution in [1.82, 2.24) is 14.0 Å². The number of aliphatic carboxylic acids is 1. The first-order valence-corrected chi connectivity index (χ1v) is 19.0. The lowest BCUT2D eigenvalue weighted by atomic mass is 9.96. The van der Waals surface area contributed by atoms with Crippen molar-refractivity contribution in [2.24, 2.45) is 0 Å². The van der Waals surface area contributed by atoms with E-state index in [1.165, 1.54) is 27.7 Å². The zero-order chi connectivity index (χ0) is 34.7. The minimum absolute atomic E-state index is 0.235. The highest BCUT2D eigenvalue weighted by atomic mass is 32.2. The number of aromatic nitrogens is 2. The fourth-order valence-electron chi connectivity index (χ4n) is 6.98. The number of hydrogen-bond acceptors (Lipinski definition) is 10. The highest BCUT2D eigenvalue weighted by Gasteiger charge is 2.42. The summed E-state index contributed by atoms with van der Waals surface area (Å²) in [6, 6.07) is 13.2. The first-order chi connectivity index (χ1) is 23.5. The van der Waals surface area contributed by atoms with Crippen molar-refractivity contribution in [1.29, 1.82) is 0 Å². The maximum atomic E-state index is 13.8. The minimum atomic E-state index is -1.19. The predicted molar refractivity (Wildman–Crippen MR) is 202 cm³/mol. The third kappa shape index (κ3) is 5.70. The van der Waals surface area contributed by atoms with E-state index in [0.29, 0.717) is 41.2 Å². The van der Waals surface area contributed by atoms with Crippen LogP contribution < -0.4 is 25.2 Å². The number of rotatable bonds is 7. The summed E-state index contributed by atoms with van der Waals surface area (Å²) in [4.78, 5) is 56.4. The van der Waals surface area contributed by atoms with Gasteiger partial charge in [-0.05, 0) is 80.3 Å². The molecular formula is C34H30N4O6S5. The quantitative estimate of drug-likeness (QED) is 0.257. The summed E-state index contributed by atoms with van der Waals surface area (Å²) in [5, 5.41) is 19.1. The SMILES string of the molecule is CCN1C(=S)S/C(=c2/s/c(=c3/s/c(=C/c4ccc5c(c4)C4CCCC4N5c4ccc(C(=O)O)cc4)c(=O)n3CC(=O)O)c(=O)n2CC)C1=S. The van der Waals surface area contributed by atoms with E-state index in [9.17, 15) is 29.4 Å². The molecule has 0 bridgehead atoms. The van der Waals surface area contributed by atoms with Crippen molar-refractivity contribution >= 4 is 102 Å². The summed E-state index contributed by atoms with van der Waals surface area (Å²) in [6.07, 6.45) is 4.87. The monoisotopic (exact) mass is 750 g/mol. The van der Waals surface area contributed by atoms with Gasteiger partial charge in [0.05, 0.1) is 15.0 Å². The topological polar surface area (TPSA) is 125 Å². The van der Waals surface area contributed by atoms with Gasteiger partial charge in [0.2, 0.25) is 0 Å². The Balaban J connectivity index is 1.39. The highest BCUT2D eigenvalue weighted by molar-refractivity contribution is 8.31. The molecular weight excluding hydrogens is 721 g/mol. The summed E-state index contributed by atoms with van der Waals surface area (Å²) >= 11 is 14.9. The first-order valence-electron chi connectivity index (χ1n) is 15.7. The Morgan fingerprint density at radius 3 is 2.35 bits per heavy atom. The summed E-state index contributed by atoms with van der Waals surface area (Å²) in [5.41, 5.74) is 3.40. The molecule has 4 aromatic rings. The number of thiazole rings is 2. The molecule has 3 aliphatic rings. The summed E-state index contributed by atoms with van der Waals surface area (Å²) < 4.78 is 4.92. The summed E-state index contributed by atoms with van der Waals surface area (Å²) in [6.45, 7) is 4.19. The van der Waals surface area contributed by atoms with E-state index in [4.69, 9.17) is 24.4 Å². The van der Waals surface area contributed by atoms with E-state index in [2.05, 4.69) is 11.0 Å². The van der Waals surface area contributed by atoms with E-state index in [-0.39, 0.29) is 27.6 Å². The number of thioether (sulfide) groups is 1. The van der Waals surface area contributed by atoms with Crippen LogP contribution in [-0.4, -0.2) is 58.1 Å². The van der Waals surface area contributed by atoms with E-state index >= 15 is 0 Å². The van der Waals surface area contributed by atoms with Crippen LogP contribution in [0.1, 0.15) is 60.5 Å². The van der Waals surface area contributed by atoms with Crippen molar-refractivity contribution in [3.63, 3.8) is 0 Å². The fourth-order valence-corrected chi connectivity index (χ4v) is 11.6. The number of thiocarbonyl (C=S) groups is 2. The van der Waals surface area contributed by atoms with Crippen molar-refractivity contribution in [2.75, 3.05) is 11.4 Å². The maximum Gasteiger partial charge on any atom is 0.335 e. The number of carboxylic acids is 2. The molecule has 2 aromatic carbocycles. The van der Waals surface area contributed by atoms with Gasteiger partial charge in [0, 0.05) is 36.4 Å². The molecule has 10 nitrogen and oxygen atoms in total. The molecule has 2 aliphatic heterocycles. The van der Waals surface area contributed by atoms with Gasteiger partial charge in [-0.25, -0.2) is 4.79 Å². The van der Waals surface area contributed by atoms with Crippen molar-refractivity contribution in [3.05, 3.63) is 98.3 Å². The number of carbonyl (C=O) groups is 2. The fraction of sp³-hybridized carbons (Fsp3) is 0.294. The first kappa shape index (κ1) is 33.6. The summed E-state index contributed by atoms with van der Waals surface area (Å²) in [7, 11) is 0. The third-order valence-electron chi connectivity index (χ3n) is 9.17. The van der Waals surface area contributed by atoms with E-state index in [0.717, 1.165) is 53.1 Å². The van der Waals surface area contributed by atoms with Gasteiger partial charge in [0.15, 0.2) is 0 Å². The normalized spacial score (nSPS) is 20.7. The molecule has 2 N–H and O–H groups in total. The van der Waals surface area contributed by atoms with Gasteiger partial charge in [-0.1, -0.05) is 48.7 Å². The van der Waals surface area contributed by atoms with Crippen LogP contribution in [0.15, 0.2) is 52.1 Å². The van der Waals surface area contributed by atoms with Crippen molar-refractivity contribution in [2.45, 2.75) is 58.2 Å². The lowest BCUT2D eigenvalue weighted by Gasteiger charge is -2.27. The molecule has 2 aromatic heterocycles. The average molecular weight is 751 g/mol. The highest BCUT2D eigenvalue weighted by Crippen LogP contribution is 2.52. The zero-order valence-electron chi connectivity index (χ0n) is 26.4. The molecule has 1 saturated carbocycles. The van der Waals surface area contributed by atoms with Crippen molar-refractivity contribution < 1.29 is 19.8 Å². The largest absolute Gasteiger partial charge is 0.480 e. The van der Waals surface area contributed by atoms with E-state index in [1.54, 1.807) is 22.8 Å². The number of aromatic carboxylic acids is 1. The third-order valence-corrected chi connectivity index (χ3v) is 13.8. The van der Waals surface area contributed by atoms with Crippen LogP contribution in [0.2, 0.25) is 0 Å². The number of hydrogen-bond donors (Lipinski definition) is 2. The van der Waals surface area contributed by atoms with Gasteiger partial charge in [-0.15, -0.1) is 22.7 Å². The van der Waals surface area contributed by atoms with Gasteiger partial charge < -0.3 is 20.0 Å². The molecule has 2 atom stereocenters. The number of fused-ring (bicyclic) bond motifs is 3. The van der Waals surface area contributed by atoms with Crippen LogP contribution in [0, 0.1) is 9.20 Å². The van der Waals surface area contributed by atoms with Crippen molar-refractivity contribution in [3.8, 4) is 0 Å². The van der Waals surface area contributed by atoms with Gasteiger partial charge in [-0.3, -0.25) is 23.5 Å². The molecule has 15 heteroatoms. The predicted octanol–water partition coefficient (Wildman–Crippen LogP) is 4.63. The van der Waals surface area contributed by atoms with E-state index < -0.39 is 24.0 Å². The average Bonchev–Trinajstić information content (AvgIpc) is 3.87. The molecule has 2 unspecified atom stereocenters. The Morgan fingerprint density at radius 2 is 1.69 bits per heavy atom. The molecule has 1 aliphatic carbocycles. The Kier molecular flexibility index (Phi) is 8.98. The lowest BCUT2D eigenvalue weighted by molar-refractivity contribution is -0.137. The molecule has 49 heavy (non-hydrogen) atoms. The van der Waals surface area contributed by atoms with Gasteiger partial charge in [0.25, 0.3) is 11.1 Å². The smallest absolute Gasteiger partial charge is 0.335 e. The van der Waals surface area contributed by atoms with Crippen LogP contribution in [0.4, 0.5) is 11.4 Å². The second-order valence-electron chi connectivity index (χ2n) is 11.9. The molecule has 252 valence electrons. The second kappa shape index (κ2) is 13.1. The second-order valence-corrected chi connectivity index (χ2v) is 15.9. The van der Waals surface area contributed by atoms with Crippen LogP contribution in [0.25, 0.3) is 11.0 Å². The lowest BCUT2D eigenvalue weighted by Crippen LogP contribution is -2.30. The Bertz CT molecular complexity index is 2430. The maximum absolute atomic E-state index is 13.8. The summed E-state index contributed by atoms with van der Waals surface area (Å²) in [5.74, 6) is -1.87. The molecule has 4 heterocycles. The van der Waals surface area contributed by atoms with Gasteiger partial charge >= 0.3 is 11.9 Å². The molecule has 1 saturated heterocycles. The van der Waals surface area contributed by atoms with Gasteiger partial charge in [0.1, 0.15) is 29.7 Å². The Labute approximate surface area is 302 Å². The Morgan fingerprint density at radius 1 is 0.939 bits per heavy atom. The number of nitrogens with zero attached hydrogens (tertiary/aromatic N) is 4. The standard InChI is InChI=1S/C34H30N4O6S5/c1-3-35-29(42)26(48-32(35)27-30(45)36(4-2)34(46)49-27)31-37(16-25(39)40)28(41)24(47-31)15-17-8-13-23-21(14-17)20-6-5-7-22(20)38(23)19-11-9-18(10-12-19)33(43)44/h8-15,20,22H,3-7,16H2,1-2H3,(H,39,40)(H,43,44)/b24-15+,31-26+,32-27+. The van der Waals surface area contributed by atoms with Crippen LogP contribution >= 0.6 is 58.9 Å². The molecule has 0 radical (unpaired) electrons. The van der Waals surface area contributed by atoms with Gasteiger partial charge in [-0.2, -0.15) is 0 Å². The zero-order valence-corrected chi connectivity index (χ0v) is 30.5. The Hall–Kier alpha value is -3.89. The molecule has 0 spiro atoms. The number of carboxylic acid groups (broad SMARTS) is 2. The van der Waals surface area contributed by atoms with Crippen LogP contribution in [0.3, 0.4) is 0 Å². The molecule has 7 rings (SSSR count). The van der Waals surface area contributed by atoms with Crippen LogP contribution in [-0.2, 0) is 17.9 Å². The number of anilines is 2. The van der Waals surface area contributed by atoms with E-state index in [1.807, 2.05) is 43.0 Å². The molecule has 0 amide bonds. The van der Waals surface area contributed by atoms with Crippen LogP contribution in [0.5, 0.6) is 0 Å². The number of benzene rings is 2. The molecule has 2 fully saturated rings.